The second-order valence-corrected chi connectivity index (χ2v) is 10.5. The van der Waals surface area contributed by atoms with E-state index >= 15 is 0 Å². The van der Waals surface area contributed by atoms with E-state index in [-0.39, 0.29) is 23.1 Å². The third-order valence-electron chi connectivity index (χ3n) is 5.86. The van der Waals surface area contributed by atoms with Crippen molar-refractivity contribution >= 4 is 33.3 Å². The lowest BCUT2D eigenvalue weighted by molar-refractivity contribution is -0.124. The first-order valence-corrected chi connectivity index (χ1v) is 12.9. The average Bonchev–Trinajstić information content (AvgIpc) is 3.07. The van der Waals surface area contributed by atoms with Crippen molar-refractivity contribution in [2.24, 2.45) is 0 Å². The summed E-state index contributed by atoms with van der Waals surface area (Å²) in [6.07, 6.45) is 1.97. The van der Waals surface area contributed by atoms with Crippen LogP contribution in [0.3, 0.4) is 0 Å². The Hall–Kier alpha value is -3.00. The minimum Gasteiger partial charge on any atom is -0.355 e. The zero-order chi connectivity index (χ0) is 24.1. The highest BCUT2D eigenvalue weighted by Gasteiger charge is 2.36. The Labute approximate surface area is 204 Å². The van der Waals surface area contributed by atoms with Crippen LogP contribution in [0, 0.1) is 0 Å². The first kappa shape index (κ1) is 24.1. The van der Waals surface area contributed by atoms with E-state index in [9.17, 15) is 18.0 Å². The highest BCUT2D eigenvalue weighted by atomic mass is 35.5. The molecule has 4 rings (SSSR count). The molecule has 3 aromatic carbocycles. The Morgan fingerprint density at radius 1 is 0.912 bits per heavy atom. The van der Waals surface area contributed by atoms with Gasteiger partial charge in [-0.25, -0.2) is 8.42 Å². The first-order valence-electron chi connectivity index (χ1n) is 11.1. The van der Waals surface area contributed by atoms with Crippen molar-refractivity contribution in [1.29, 1.82) is 0 Å². The molecule has 1 fully saturated rings. The Morgan fingerprint density at radius 2 is 1.56 bits per heavy atom. The van der Waals surface area contributed by atoms with Gasteiger partial charge in [-0.3, -0.25) is 9.59 Å². The summed E-state index contributed by atoms with van der Waals surface area (Å²) in [4.78, 5) is 25.6. The van der Waals surface area contributed by atoms with E-state index in [1.54, 1.807) is 48.5 Å². The van der Waals surface area contributed by atoms with Crippen molar-refractivity contribution in [3.05, 3.63) is 101 Å². The van der Waals surface area contributed by atoms with Crippen LogP contribution >= 0.6 is 11.6 Å². The van der Waals surface area contributed by atoms with E-state index < -0.39 is 16.1 Å². The quantitative estimate of drug-likeness (QED) is 0.490. The van der Waals surface area contributed by atoms with Gasteiger partial charge >= 0.3 is 0 Å². The predicted molar refractivity (Wildman–Crippen MR) is 131 cm³/mol. The van der Waals surface area contributed by atoms with Crippen molar-refractivity contribution in [3.8, 4) is 0 Å². The van der Waals surface area contributed by atoms with Crippen LogP contribution in [0.15, 0.2) is 83.8 Å². The number of sulfonamides is 1. The van der Waals surface area contributed by atoms with E-state index in [1.165, 1.54) is 28.6 Å². The lowest BCUT2D eigenvalue weighted by Crippen LogP contribution is -2.48. The molecule has 1 amide bonds. The van der Waals surface area contributed by atoms with Gasteiger partial charge in [-0.1, -0.05) is 66.2 Å². The topological polar surface area (TPSA) is 83.6 Å². The number of carbonyl (C=O) groups excluding carboxylic acids is 2. The van der Waals surface area contributed by atoms with E-state index in [4.69, 9.17) is 11.6 Å². The fraction of sp³-hybridized carbons (Fsp3) is 0.231. The fourth-order valence-corrected chi connectivity index (χ4v) is 5.73. The highest BCUT2D eigenvalue weighted by molar-refractivity contribution is 7.89. The van der Waals surface area contributed by atoms with E-state index in [1.807, 2.05) is 6.07 Å². The summed E-state index contributed by atoms with van der Waals surface area (Å²) in [5.41, 5.74) is 1.77. The molecule has 0 radical (unpaired) electrons. The summed E-state index contributed by atoms with van der Waals surface area (Å²) < 4.78 is 28.5. The summed E-state index contributed by atoms with van der Waals surface area (Å²) in [5, 5.41) is 3.25. The van der Waals surface area contributed by atoms with Gasteiger partial charge in [-0.2, -0.15) is 4.31 Å². The lowest BCUT2D eigenvalue weighted by Gasteiger charge is -2.29. The van der Waals surface area contributed by atoms with Crippen LogP contribution in [-0.4, -0.2) is 37.0 Å². The second kappa shape index (κ2) is 10.5. The molecule has 1 atom stereocenters. The third kappa shape index (κ3) is 5.38. The molecule has 1 saturated heterocycles. The number of hydrogen-bond acceptors (Lipinski definition) is 4. The molecule has 1 heterocycles. The molecule has 0 unspecified atom stereocenters. The first-order chi connectivity index (χ1) is 16.4. The monoisotopic (exact) mass is 496 g/mol. The largest absolute Gasteiger partial charge is 0.355 e. The van der Waals surface area contributed by atoms with Crippen LogP contribution in [0.1, 0.15) is 40.7 Å². The van der Waals surface area contributed by atoms with E-state index in [0.29, 0.717) is 34.7 Å². The summed E-state index contributed by atoms with van der Waals surface area (Å²) in [6.45, 7) is 0.531. The molecule has 8 heteroatoms. The van der Waals surface area contributed by atoms with Gasteiger partial charge < -0.3 is 5.32 Å². The minimum absolute atomic E-state index is 0.00283. The lowest BCUT2D eigenvalue weighted by atomic mass is 10.0. The normalized spacial score (nSPS) is 16.6. The number of ketones is 1. The summed E-state index contributed by atoms with van der Waals surface area (Å²) in [6, 6.07) is 20.9. The maximum atomic E-state index is 13.6. The van der Waals surface area contributed by atoms with Gasteiger partial charge in [0.1, 0.15) is 6.04 Å². The molecule has 34 heavy (non-hydrogen) atoms. The van der Waals surface area contributed by atoms with Crippen molar-refractivity contribution in [2.45, 2.75) is 36.7 Å². The van der Waals surface area contributed by atoms with Crippen molar-refractivity contribution in [3.63, 3.8) is 0 Å². The van der Waals surface area contributed by atoms with Crippen LogP contribution in [0.25, 0.3) is 0 Å². The highest BCUT2D eigenvalue weighted by Crippen LogP contribution is 2.26. The Kier molecular flexibility index (Phi) is 7.46. The molecule has 1 aliphatic rings. The van der Waals surface area contributed by atoms with Gasteiger partial charge in [0.15, 0.2) is 5.78 Å². The maximum absolute atomic E-state index is 13.6. The van der Waals surface area contributed by atoms with E-state index in [2.05, 4.69) is 5.32 Å². The number of benzene rings is 3. The number of nitrogens with one attached hydrogen (secondary N) is 1. The van der Waals surface area contributed by atoms with Gasteiger partial charge in [0.05, 0.1) is 4.90 Å². The van der Waals surface area contributed by atoms with Gasteiger partial charge in [0.2, 0.25) is 15.9 Å². The fourth-order valence-electron chi connectivity index (χ4n) is 4.00. The van der Waals surface area contributed by atoms with Crippen LogP contribution in [0.5, 0.6) is 0 Å². The Balaban J connectivity index is 1.65. The zero-order valence-electron chi connectivity index (χ0n) is 18.5. The van der Waals surface area contributed by atoms with Crippen LogP contribution in [0.2, 0.25) is 5.02 Å². The van der Waals surface area contributed by atoms with Gasteiger partial charge in [-0.05, 0) is 49.1 Å². The standard InChI is InChI=1S/C26H25ClN2O4S/c27-22-13-15-23(16-14-22)34(32,33)29(24-8-4-5-17-28-26(24)31)18-19-9-11-21(12-10-19)25(30)20-6-2-1-3-7-20/h1-3,6-7,9-16,24H,4-5,8,17-18H2,(H,28,31)/t24-/m1/s1. The summed E-state index contributed by atoms with van der Waals surface area (Å²) >= 11 is 5.95. The summed E-state index contributed by atoms with van der Waals surface area (Å²) in [5.74, 6) is -0.410. The molecule has 6 nitrogen and oxygen atoms in total. The summed E-state index contributed by atoms with van der Waals surface area (Å²) in [7, 11) is -3.99. The average molecular weight is 497 g/mol. The molecular weight excluding hydrogens is 472 g/mol. The SMILES string of the molecule is O=C(c1ccccc1)c1ccc(CN([C@@H]2CCCCNC2=O)S(=O)(=O)c2ccc(Cl)cc2)cc1. The Bertz CT molecular complexity index is 1260. The van der Waals surface area contributed by atoms with Gasteiger partial charge in [0.25, 0.3) is 0 Å². The molecule has 0 aliphatic carbocycles. The molecule has 3 aromatic rings. The van der Waals surface area contributed by atoms with Crippen LogP contribution in [-0.2, 0) is 21.4 Å². The van der Waals surface area contributed by atoms with Crippen molar-refractivity contribution in [1.82, 2.24) is 9.62 Å². The molecule has 0 saturated carbocycles. The molecule has 0 bridgehead atoms. The van der Waals surface area contributed by atoms with Gasteiger partial charge in [0, 0.05) is 29.2 Å². The number of nitrogens with zero attached hydrogens (tertiary/aromatic N) is 1. The van der Waals surface area contributed by atoms with Crippen LogP contribution in [0.4, 0.5) is 0 Å². The number of halogens is 1. The molecule has 0 spiro atoms. The molecule has 176 valence electrons. The minimum atomic E-state index is -3.99. The number of hydrogen-bond donors (Lipinski definition) is 1. The predicted octanol–water partition coefficient (Wildman–Crippen LogP) is 4.43. The van der Waals surface area contributed by atoms with Crippen LogP contribution < -0.4 is 5.32 Å². The molecule has 1 N–H and O–H groups in total. The maximum Gasteiger partial charge on any atom is 0.244 e. The van der Waals surface area contributed by atoms with Gasteiger partial charge in [-0.15, -0.1) is 0 Å². The van der Waals surface area contributed by atoms with Crippen molar-refractivity contribution < 1.29 is 18.0 Å². The number of rotatable bonds is 7. The smallest absolute Gasteiger partial charge is 0.244 e. The molecule has 1 aliphatic heterocycles. The Morgan fingerprint density at radius 3 is 2.24 bits per heavy atom. The molecule has 0 aromatic heterocycles. The number of carbonyl (C=O) groups is 2. The van der Waals surface area contributed by atoms with Crippen molar-refractivity contribution in [2.75, 3.05) is 6.54 Å². The number of amides is 1. The molecular formula is C26H25ClN2O4S. The van der Waals surface area contributed by atoms with E-state index in [0.717, 1.165) is 12.8 Å². The zero-order valence-corrected chi connectivity index (χ0v) is 20.1. The third-order valence-corrected chi connectivity index (χ3v) is 7.99. The second-order valence-electron chi connectivity index (χ2n) is 8.20.